The second-order valence-electron chi connectivity index (χ2n) is 12.8. The van der Waals surface area contributed by atoms with Crippen LogP contribution in [0.2, 0.25) is 0 Å². The van der Waals surface area contributed by atoms with Crippen LogP contribution in [0.4, 0.5) is 52.5 Å². The van der Waals surface area contributed by atoms with Crippen molar-refractivity contribution >= 4 is 52.5 Å². The van der Waals surface area contributed by atoms with Crippen molar-refractivity contribution < 1.29 is 4.74 Å². The van der Waals surface area contributed by atoms with Gasteiger partial charge < -0.3 is 30.5 Å². The second-order valence-corrected chi connectivity index (χ2v) is 12.8. The number of fused-ring (bicyclic) bond motifs is 2. The van der Waals surface area contributed by atoms with Crippen molar-refractivity contribution in [3.8, 4) is 6.01 Å². The number of rotatable bonds is 13. The molecule has 2 aliphatic heterocycles. The fourth-order valence-electron chi connectivity index (χ4n) is 6.58. The number of ether oxygens (including phenoxy) is 1. The Bertz CT molecular complexity index is 1950. The Labute approximate surface area is 303 Å². The van der Waals surface area contributed by atoms with Gasteiger partial charge in [0.25, 0.3) is 0 Å². The molecule has 52 heavy (non-hydrogen) atoms. The molecule has 8 rings (SSSR count). The summed E-state index contributed by atoms with van der Waals surface area (Å²) in [6.07, 6.45) is 5.72. The van der Waals surface area contributed by atoms with Gasteiger partial charge in [0, 0.05) is 42.4 Å². The number of hydrogen-bond donors (Lipinski definition) is 3. The van der Waals surface area contributed by atoms with E-state index in [1.165, 1.54) is 11.1 Å². The predicted octanol–water partition coefficient (Wildman–Crippen LogP) is 7.98. The number of aryl methyl sites for hydroxylation is 2. The number of nitrogens with zero attached hydrogens (tertiary/aromatic N) is 8. The lowest BCUT2D eigenvalue weighted by Gasteiger charge is -2.29. The maximum absolute atomic E-state index is 6.16. The van der Waals surface area contributed by atoms with Crippen LogP contribution in [0.25, 0.3) is 0 Å². The highest BCUT2D eigenvalue weighted by atomic mass is 16.5. The van der Waals surface area contributed by atoms with E-state index >= 15 is 0 Å². The average Bonchev–Trinajstić information content (AvgIpc) is 3.19. The fourth-order valence-corrected chi connectivity index (χ4v) is 6.58. The zero-order valence-corrected chi connectivity index (χ0v) is 28.9. The molecule has 6 aromatic rings. The number of unbranched alkanes of at least 4 members (excludes halogenated alkanes) is 1. The first-order valence-electron chi connectivity index (χ1n) is 18.0. The molecule has 0 fully saturated rings. The van der Waals surface area contributed by atoms with Gasteiger partial charge in [0.05, 0.1) is 6.61 Å². The molecule has 0 radical (unpaired) electrons. The molecule has 2 aliphatic rings. The number of nitrogens with one attached hydrogen (secondary N) is 3. The molecule has 0 saturated heterocycles. The lowest BCUT2D eigenvalue weighted by atomic mass is 10.0. The summed E-state index contributed by atoms with van der Waals surface area (Å²) in [5.74, 6) is 2.64. The summed E-state index contributed by atoms with van der Waals surface area (Å²) in [6, 6.07) is 37.0. The minimum atomic E-state index is 0.292. The average molecular weight is 692 g/mol. The highest BCUT2D eigenvalue weighted by Crippen LogP contribution is 2.34. The van der Waals surface area contributed by atoms with E-state index in [1.807, 2.05) is 60.7 Å². The van der Waals surface area contributed by atoms with Crippen LogP contribution in [-0.4, -0.2) is 56.1 Å². The van der Waals surface area contributed by atoms with Crippen molar-refractivity contribution in [2.75, 3.05) is 52.0 Å². The Hall–Kier alpha value is -6.30. The van der Waals surface area contributed by atoms with Crippen LogP contribution < -0.4 is 30.5 Å². The van der Waals surface area contributed by atoms with Gasteiger partial charge in [0.1, 0.15) is 0 Å². The summed E-state index contributed by atoms with van der Waals surface area (Å²) in [4.78, 5) is 32.9. The quantitative estimate of drug-likeness (QED) is 0.102. The van der Waals surface area contributed by atoms with Crippen molar-refractivity contribution in [3.63, 3.8) is 0 Å². The topological polar surface area (TPSA) is 129 Å². The van der Waals surface area contributed by atoms with E-state index < -0.39 is 0 Å². The molecule has 12 heteroatoms. The third kappa shape index (κ3) is 7.86. The molecule has 3 N–H and O–H groups in total. The Kier molecular flexibility index (Phi) is 9.94. The summed E-state index contributed by atoms with van der Waals surface area (Å²) in [7, 11) is 0. The number of anilines is 9. The van der Waals surface area contributed by atoms with Crippen molar-refractivity contribution in [2.24, 2.45) is 0 Å². The van der Waals surface area contributed by atoms with Gasteiger partial charge in [-0.1, -0.05) is 72.8 Å². The van der Waals surface area contributed by atoms with Crippen molar-refractivity contribution in [1.82, 2.24) is 29.9 Å². The molecule has 0 unspecified atom stereocenters. The molecule has 4 heterocycles. The Morgan fingerprint density at radius 3 is 1.65 bits per heavy atom. The third-order valence-corrected chi connectivity index (χ3v) is 9.08. The van der Waals surface area contributed by atoms with Gasteiger partial charge in [-0.15, -0.1) is 0 Å². The smallest absolute Gasteiger partial charge is 0.323 e. The van der Waals surface area contributed by atoms with E-state index in [0.717, 1.165) is 74.4 Å². The van der Waals surface area contributed by atoms with Crippen LogP contribution >= 0.6 is 0 Å². The molecule has 0 amide bonds. The summed E-state index contributed by atoms with van der Waals surface area (Å²) in [5, 5.41) is 10.1. The Balaban J connectivity index is 0.940. The summed E-state index contributed by atoms with van der Waals surface area (Å²) in [6.45, 7) is 2.76. The Morgan fingerprint density at radius 1 is 0.519 bits per heavy atom. The number of para-hydroxylation sites is 4. The van der Waals surface area contributed by atoms with E-state index in [0.29, 0.717) is 48.9 Å². The number of hydrogen-bond acceptors (Lipinski definition) is 12. The number of aromatic nitrogens is 6. The lowest BCUT2D eigenvalue weighted by molar-refractivity contribution is 0.284. The molecule has 0 aliphatic carbocycles. The first-order chi connectivity index (χ1) is 25.7. The molecule has 4 aromatic carbocycles. The maximum Gasteiger partial charge on any atom is 0.323 e. The van der Waals surface area contributed by atoms with Crippen LogP contribution in [0.5, 0.6) is 6.01 Å². The molecule has 0 spiro atoms. The van der Waals surface area contributed by atoms with E-state index in [2.05, 4.69) is 79.3 Å². The van der Waals surface area contributed by atoms with Gasteiger partial charge in [0.15, 0.2) is 0 Å². The van der Waals surface area contributed by atoms with Gasteiger partial charge in [-0.2, -0.15) is 29.9 Å². The first-order valence-corrected chi connectivity index (χ1v) is 18.0. The lowest BCUT2D eigenvalue weighted by Crippen LogP contribution is -2.27. The van der Waals surface area contributed by atoms with Crippen LogP contribution in [0.3, 0.4) is 0 Å². The molecule has 262 valence electrons. The number of benzene rings is 4. The molecule has 2 aromatic heterocycles. The summed E-state index contributed by atoms with van der Waals surface area (Å²) < 4.78 is 6.16. The maximum atomic E-state index is 6.16. The highest BCUT2D eigenvalue weighted by molar-refractivity contribution is 5.66. The van der Waals surface area contributed by atoms with Crippen molar-refractivity contribution in [2.45, 2.75) is 38.5 Å². The van der Waals surface area contributed by atoms with Crippen LogP contribution in [-0.2, 0) is 12.8 Å². The second kappa shape index (κ2) is 15.7. The van der Waals surface area contributed by atoms with E-state index in [9.17, 15) is 0 Å². The Morgan fingerprint density at radius 2 is 1.04 bits per heavy atom. The normalized spacial score (nSPS) is 13.5. The third-order valence-electron chi connectivity index (χ3n) is 9.08. The molecule has 0 saturated carbocycles. The van der Waals surface area contributed by atoms with Crippen molar-refractivity contribution in [3.05, 3.63) is 120 Å². The molecular formula is C40H41N11O. The van der Waals surface area contributed by atoms with Crippen LogP contribution in [0.15, 0.2) is 109 Å². The zero-order chi connectivity index (χ0) is 35.0. The van der Waals surface area contributed by atoms with Crippen LogP contribution in [0, 0.1) is 0 Å². The largest absolute Gasteiger partial charge is 0.463 e. The molecule has 12 nitrogen and oxygen atoms in total. The summed E-state index contributed by atoms with van der Waals surface area (Å²) >= 11 is 0. The standard InChI is InChI=1S/C40H41N11O/c1-3-19-31(20-4-1)42-36-44-35(45-38(46-36)50-26-13-17-29-15-7-9-23-33(29)50)41-25-11-12-28-52-40-48-37(43-32-21-5-2-6-22-32)47-39(49-40)51-27-14-18-30-16-8-10-24-34(30)51/h1-10,15-16,19-24H,11-14,17-18,25-28H2,(H,43,47,48,49)(H2,41,42,44,45,46). The molecule has 0 bridgehead atoms. The first kappa shape index (κ1) is 32.9. The minimum absolute atomic E-state index is 0.292. The summed E-state index contributed by atoms with van der Waals surface area (Å²) in [5.41, 5.74) is 6.65. The SMILES string of the molecule is c1ccc(Nc2nc(NCCCCOc3nc(Nc4ccccc4)nc(N4CCCc5ccccc54)n3)nc(N3CCCc4ccccc43)n2)cc1. The highest BCUT2D eigenvalue weighted by Gasteiger charge is 2.23. The van der Waals surface area contributed by atoms with E-state index in [4.69, 9.17) is 29.7 Å². The van der Waals surface area contributed by atoms with Gasteiger partial charge in [-0.05, 0) is 86.1 Å². The minimum Gasteiger partial charge on any atom is -0.463 e. The molecular weight excluding hydrogens is 651 g/mol. The van der Waals surface area contributed by atoms with E-state index in [-0.39, 0.29) is 0 Å². The van der Waals surface area contributed by atoms with Crippen molar-refractivity contribution in [1.29, 1.82) is 0 Å². The fraction of sp³-hybridized carbons (Fsp3) is 0.250. The van der Waals surface area contributed by atoms with Gasteiger partial charge >= 0.3 is 6.01 Å². The van der Waals surface area contributed by atoms with Gasteiger partial charge in [0.2, 0.25) is 29.7 Å². The van der Waals surface area contributed by atoms with Gasteiger partial charge in [-0.3, -0.25) is 0 Å². The monoisotopic (exact) mass is 691 g/mol. The zero-order valence-electron chi connectivity index (χ0n) is 28.9. The molecule has 0 atom stereocenters. The van der Waals surface area contributed by atoms with Gasteiger partial charge in [-0.25, -0.2) is 0 Å². The van der Waals surface area contributed by atoms with Crippen LogP contribution in [0.1, 0.15) is 36.8 Å². The predicted molar refractivity (Wildman–Crippen MR) is 206 cm³/mol. The van der Waals surface area contributed by atoms with E-state index in [1.54, 1.807) is 0 Å².